The van der Waals surface area contributed by atoms with Crippen LogP contribution in [0, 0.1) is 0 Å². The molecule has 0 aromatic carbocycles. The topological polar surface area (TPSA) is 42.0 Å². The molecule has 0 fully saturated rings. The molecule has 2 heterocycles. The molecule has 0 bridgehead atoms. The van der Waals surface area contributed by atoms with E-state index in [2.05, 4.69) is 10.3 Å². The molecule has 0 saturated carbocycles. The second-order valence-electron chi connectivity index (χ2n) is 2.58. The Morgan fingerprint density at radius 3 is 3.25 bits per heavy atom. The average molecular weight is 160 g/mol. The van der Waals surface area contributed by atoms with Crippen LogP contribution in [0.4, 0.5) is 5.82 Å². The Labute approximate surface area is 70.1 Å². The van der Waals surface area contributed by atoms with E-state index in [0.717, 1.165) is 24.2 Å². The van der Waals surface area contributed by atoms with Crippen molar-refractivity contribution in [3.63, 3.8) is 0 Å². The molecule has 3 heteroatoms. The third-order valence-corrected chi connectivity index (χ3v) is 1.75. The number of nitrogens with zero attached hydrogens (tertiary/aromatic N) is 1. The van der Waals surface area contributed by atoms with Crippen molar-refractivity contribution in [1.29, 1.82) is 0 Å². The number of carbonyl (C=O) groups excluding carboxylic acids is 1. The number of carbonyl (C=O) groups is 1. The van der Waals surface area contributed by atoms with Gasteiger partial charge in [-0.3, -0.25) is 4.79 Å². The quantitative estimate of drug-likeness (QED) is 0.630. The van der Waals surface area contributed by atoms with Gasteiger partial charge in [-0.1, -0.05) is 12.2 Å². The zero-order valence-electron chi connectivity index (χ0n) is 6.45. The molecule has 0 unspecified atom stereocenters. The minimum atomic E-state index is 0.469. The van der Waals surface area contributed by atoms with Crippen molar-refractivity contribution in [3.05, 3.63) is 29.5 Å². The first-order chi connectivity index (χ1) is 5.90. The number of aldehydes is 1. The highest BCUT2D eigenvalue weighted by Gasteiger charge is 2.04. The average Bonchev–Trinajstić information content (AvgIpc) is 2.17. The monoisotopic (exact) mass is 160 g/mol. The van der Waals surface area contributed by atoms with Crippen molar-refractivity contribution in [3.8, 4) is 0 Å². The summed E-state index contributed by atoms with van der Waals surface area (Å²) >= 11 is 0. The number of pyridine rings is 1. The maximum absolute atomic E-state index is 10.4. The predicted molar refractivity (Wildman–Crippen MR) is 47.1 cm³/mol. The number of rotatable bonds is 1. The summed E-state index contributed by atoms with van der Waals surface area (Å²) in [5, 5.41) is 3.08. The van der Waals surface area contributed by atoms with Gasteiger partial charge in [0.05, 0.1) is 0 Å². The van der Waals surface area contributed by atoms with Crippen molar-refractivity contribution in [2.45, 2.75) is 0 Å². The summed E-state index contributed by atoms with van der Waals surface area (Å²) in [6.45, 7) is 0.780. The number of anilines is 1. The molecule has 3 nitrogen and oxygen atoms in total. The number of aromatic nitrogens is 1. The highest BCUT2D eigenvalue weighted by atomic mass is 16.1. The highest BCUT2D eigenvalue weighted by Crippen LogP contribution is 2.17. The zero-order chi connectivity index (χ0) is 8.39. The Bertz CT molecular complexity index is 344. The van der Waals surface area contributed by atoms with E-state index in [9.17, 15) is 4.79 Å². The van der Waals surface area contributed by atoms with Crippen LogP contribution in [0.5, 0.6) is 0 Å². The molecule has 0 radical (unpaired) electrons. The lowest BCUT2D eigenvalue weighted by molar-refractivity contribution is 0.111. The smallest absolute Gasteiger partial charge is 0.168 e. The van der Waals surface area contributed by atoms with Crippen LogP contribution < -0.4 is 5.32 Å². The normalized spacial score (nSPS) is 13.3. The van der Waals surface area contributed by atoms with E-state index < -0.39 is 0 Å². The van der Waals surface area contributed by atoms with Gasteiger partial charge >= 0.3 is 0 Å². The van der Waals surface area contributed by atoms with E-state index in [-0.39, 0.29) is 0 Å². The summed E-state index contributed by atoms with van der Waals surface area (Å²) in [7, 11) is 0. The van der Waals surface area contributed by atoms with Crippen LogP contribution in [0.1, 0.15) is 16.1 Å². The summed E-state index contributed by atoms with van der Waals surface area (Å²) in [6.07, 6.45) is 4.76. The van der Waals surface area contributed by atoms with Gasteiger partial charge in [-0.2, -0.15) is 0 Å². The van der Waals surface area contributed by atoms with E-state index in [1.54, 1.807) is 6.07 Å². The van der Waals surface area contributed by atoms with Crippen LogP contribution >= 0.6 is 0 Å². The first-order valence-corrected chi connectivity index (χ1v) is 3.77. The lowest BCUT2D eigenvalue weighted by atomic mass is 10.2. The van der Waals surface area contributed by atoms with Crippen LogP contribution in [0.3, 0.4) is 0 Å². The standard InChI is InChI=1S/C9H8N2O/c12-6-8-4-3-7-2-1-5-10-9(7)11-8/h1-4,6H,5H2,(H,10,11). The first-order valence-electron chi connectivity index (χ1n) is 3.77. The molecule has 12 heavy (non-hydrogen) atoms. The minimum absolute atomic E-state index is 0.469. The van der Waals surface area contributed by atoms with Gasteiger partial charge in [-0.05, 0) is 12.1 Å². The SMILES string of the molecule is O=Cc1ccc2c(n1)NCC=C2. The van der Waals surface area contributed by atoms with Crippen molar-refractivity contribution < 1.29 is 4.79 Å². The van der Waals surface area contributed by atoms with Crippen LogP contribution in [-0.4, -0.2) is 17.8 Å². The third kappa shape index (κ3) is 1.09. The molecule has 1 aromatic heterocycles. The number of fused-ring (bicyclic) bond motifs is 1. The minimum Gasteiger partial charge on any atom is -0.366 e. The van der Waals surface area contributed by atoms with Crippen LogP contribution in [0.15, 0.2) is 18.2 Å². The second-order valence-corrected chi connectivity index (χ2v) is 2.58. The predicted octanol–water partition coefficient (Wildman–Crippen LogP) is 1.33. The fourth-order valence-corrected chi connectivity index (χ4v) is 1.17. The highest BCUT2D eigenvalue weighted by molar-refractivity contribution is 5.76. The molecule has 1 aliphatic heterocycles. The van der Waals surface area contributed by atoms with Gasteiger partial charge in [0, 0.05) is 12.1 Å². The first kappa shape index (κ1) is 7.03. The Balaban J connectivity index is 2.50. The fourth-order valence-electron chi connectivity index (χ4n) is 1.17. The number of nitrogens with one attached hydrogen (secondary N) is 1. The lowest BCUT2D eigenvalue weighted by Gasteiger charge is -2.10. The van der Waals surface area contributed by atoms with Crippen molar-refractivity contribution in [2.75, 3.05) is 11.9 Å². The van der Waals surface area contributed by atoms with Crippen LogP contribution in [-0.2, 0) is 0 Å². The van der Waals surface area contributed by atoms with Gasteiger partial charge in [0.1, 0.15) is 11.5 Å². The van der Waals surface area contributed by atoms with Crippen LogP contribution in [0.25, 0.3) is 6.08 Å². The number of hydrogen-bond acceptors (Lipinski definition) is 3. The van der Waals surface area contributed by atoms with Gasteiger partial charge in [0.2, 0.25) is 0 Å². The molecule has 0 amide bonds. The van der Waals surface area contributed by atoms with Crippen molar-refractivity contribution in [1.82, 2.24) is 4.98 Å². The zero-order valence-corrected chi connectivity index (χ0v) is 6.45. The third-order valence-electron chi connectivity index (χ3n) is 1.75. The molecule has 1 N–H and O–H groups in total. The van der Waals surface area contributed by atoms with E-state index in [4.69, 9.17) is 0 Å². The molecule has 0 spiro atoms. The van der Waals surface area contributed by atoms with E-state index in [1.807, 2.05) is 18.2 Å². The van der Waals surface area contributed by atoms with Crippen molar-refractivity contribution in [2.24, 2.45) is 0 Å². The maximum Gasteiger partial charge on any atom is 0.168 e. The molecule has 1 aliphatic rings. The summed E-state index contributed by atoms with van der Waals surface area (Å²) in [6, 6.07) is 3.60. The van der Waals surface area contributed by atoms with E-state index in [0.29, 0.717) is 5.69 Å². The molecule has 0 aliphatic carbocycles. The maximum atomic E-state index is 10.4. The van der Waals surface area contributed by atoms with Gasteiger partial charge in [-0.25, -0.2) is 4.98 Å². The molecule has 60 valence electrons. The van der Waals surface area contributed by atoms with Crippen LogP contribution in [0.2, 0.25) is 0 Å². The molecular weight excluding hydrogens is 152 g/mol. The summed E-state index contributed by atoms with van der Waals surface area (Å²) in [4.78, 5) is 14.5. The van der Waals surface area contributed by atoms with Gasteiger partial charge in [0.25, 0.3) is 0 Å². The molecule has 1 aromatic rings. The van der Waals surface area contributed by atoms with Crippen molar-refractivity contribution >= 4 is 18.2 Å². The Hall–Kier alpha value is -1.64. The van der Waals surface area contributed by atoms with Gasteiger partial charge in [-0.15, -0.1) is 0 Å². The molecule has 2 rings (SSSR count). The number of hydrogen-bond donors (Lipinski definition) is 1. The molecule has 0 atom stereocenters. The summed E-state index contributed by atoms with van der Waals surface area (Å²) < 4.78 is 0. The Morgan fingerprint density at radius 1 is 1.50 bits per heavy atom. The Morgan fingerprint density at radius 2 is 2.42 bits per heavy atom. The summed E-state index contributed by atoms with van der Waals surface area (Å²) in [5.74, 6) is 0.794. The summed E-state index contributed by atoms with van der Waals surface area (Å²) in [5.41, 5.74) is 1.50. The second kappa shape index (κ2) is 2.77. The Kier molecular flexibility index (Phi) is 1.63. The van der Waals surface area contributed by atoms with E-state index in [1.165, 1.54) is 0 Å². The van der Waals surface area contributed by atoms with Gasteiger partial charge < -0.3 is 5.32 Å². The largest absolute Gasteiger partial charge is 0.366 e. The van der Waals surface area contributed by atoms with Gasteiger partial charge in [0.15, 0.2) is 6.29 Å². The van der Waals surface area contributed by atoms with E-state index >= 15 is 0 Å². The lowest BCUT2D eigenvalue weighted by Crippen LogP contribution is -2.07. The fraction of sp³-hybridized carbons (Fsp3) is 0.111. The molecular formula is C9H8N2O. The molecule has 0 saturated heterocycles.